The fourth-order valence-electron chi connectivity index (χ4n) is 2.83. The van der Waals surface area contributed by atoms with Crippen molar-refractivity contribution in [3.8, 4) is 5.69 Å². The molecule has 2 heterocycles. The van der Waals surface area contributed by atoms with Gasteiger partial charge in [-0.25, -0.2) is 0 Å². The Morgan fingerprint density at radius 3 is 2.48 bits per heavy atom. The zero-order chi connectivity index (χ0) is 14.8. The maximum absolute atomic E-state index is 12.5. The molecule has 1 aliphatic rings. The number of hydrogen-bond acceptors (Lipinski definition) is 2. The van der Waals surface area contributed by atoms with Gasteiger partial charge in [-0.1, -0.05) is 0 Å². The second-order valence-electron chi connectivity index (χ2n) is 5.68. The van der Waals surface area contributed by atoms with Crippen LogP contribution < -0.4 is 0 Å². The highest BCUT2D eigenvalue weighted by Crippen LogP contribution is 2.22. The Morgan fingerprint density at radius 2 is 1.90 bits per heavy atom. The van der Waals surface area contributed by atoms with Crippen molar-refractivity contribution < 1.29 is 9.90 Å². The lowest BCUT2D eigenvalue weighted by Crippen LogP contribution is -2.30. The van der Waals surface area contributed by atoms with Gasteiger partial charge in [-0.15, -0.1) is 0 Å². The van der Waals surface area contributed by atoms with Gasteiger partial charge < -0.3 is 14.6 Å². The molecule has 1 aromatic heterocycles. The predicted molar refractivity (Wildman–Crippen MR) is 81.5 cm³/mol. The fraction of sp³-hybridized carbons (Fsp3) is 0.353. The van der Waals surface area contributed by atoms with Crippen molar-refractivity contribution in [3.05, 3.63) is 54.4 Å². The molecule has 2 unspecified atom stereocenters. The van der Waals surface area contributed by atoms with Gasteiger partial charge in [0.15, 0.2) is 0 Å². The molecule has 1 fully saturated rings. The number of aliphatic hydroxyl groups excluding tert-OH is 1. The normalized spacial score (nSPS) is 19.7. The van der Waals surface area contributed by atoms with Gasteiger partial charge in [0.25, 0.3) is 5.91 Å². The summed E-state index contributed by atoms with van der Waals surface area (Å²) in [7, 11) is 0. The number of aromatic nitrogens is 1. The van der Waals surface area contributed by atoms with Crippen LogP contribution in [0.5, 0.6) is 0 Å². The average Bonchev–Trinajstić information content (AvgIpc) is 3.18. The monoisotopic (exact) mass is 284 g/mol. The molecule has 0 aliphatic carbocycles. The Balaban J connectivity index is 1.71. The highest BCUT2D eigenvalue weighted by molar-refractivity contribution is 5.94. The van der Waals surface area contributed by atoms with E-state index in [9.17, 15) is 9.90 Å². The Labute approximate surface area is 124 Å². The van der Waals surface area contributed by atoms with Gasteiger partial charge in [0, 0.05) is 42.7 Å². The summed E-state index contributed by atoms with van der Waals surface area (Å²) in [4.78, 5) is 14.3. The first-order valence-electron chi connectivity index (χ1n) is 7.36. The first kappa shape index (κ1) is 13.9. The quantitative estimate of drug-likeness (QED) is 0.940. The summed E-state index contributed by atoms with van der Waals surface area (Å²) in [6.07, 6.45) is 4.49. The van der Waals surface area contributed by atoms with E-state index in [1.54, 1.807) is 6.92 Å². The van der Waals surface area contributed by atoms with Gasteiger partial charge >= 0.3 is 0 Å². The van der Waals surface area contributed by atoms with Gasteiger partial charge in [0.05, 0.1) is 6.10 Å². The van der Waals surface area contributed by atoms with E-state index in [0.717, 1.165) is 18.7 Å². The highest BCUT2D eigenvalue weighted by atomic mass is 16.3. The maximum atomic E-state index is 12.5. The lowest BCUT2D eigenvalue weighted by atomic mass is 10.0. The molecule has 1 aromatic carbocycles. The molecule has 2 atom stereocenters. The van der Waals surface area contributed by atoms with Crippen molar-refractivity contribution in [3.63, 3.8) is 0 Å². The molecule has 0 bridgehead atoms. The van der Waals surface area contributed by atoms with Crippen molar-refractivity contribution in [2.75, 3.05) is 13.1 Å². The molecular weight excluding hydrogens is 264 g/mol. The maximum Gasteiger partial charge on any atom is 0.253 e. The Hall–Kier alpha value is -2.07. The molecule has 4 heteroatoms. The zero-order valence-electron chi connectivity index (χ0n) is 12.1. The fourth-order valence-corrected chi connectivity index (χ4v) is 2.83. The third kappa shape index (κ3) is 2.85. The van der Waals surface area contributed by atoms with Gasteiger partial charge in [-0.2, -0.15) is 0 Å². The number of nitrogens with zero attached hydrogens (tertiary/aromatic N) is 2. The summed E-state index contributed by atoms with van der Waals surface area (Å²) in [6.45, 7) is 3.17. The third-order valence-electron chi connectivity index (χ3n) is 4.21. The molecule has 1 aliphatic heterocycles. The number of hydrogen-bond donors (Lipinski definition) is 1. The van der Waals surface area contributed by atoms with Gasteiger partial charge in [0.2, 0.25) is 0 Å². The lowest BCUT2D eigenvalue weighted by Gasteiger charge is -2.18. The predicted octanol–water partition coefficient (Wildman–Crippen LogP) is 2.32. The minimum atomic E-state index is -0.348. The SMILES string of the molecule is CC(O)C1CCN(C(=O)c2ccc(-n3cccc3)cc2)C1. The lowest BCUT2D eigenvalue weighted by molar-refractivity contribution is 0.0762. The van der Waals surface area contributed by atoms with Crippen LogP contribution in [-0.2, 0) is 0 Å². The highest BCUT2D eigenvalue weighted by Gasteiger charge is 2.29. The average molecular weight is 284 g/mol. The van der Waals surface area contributed by atoms with Crippen LogP contribution in [0.15, 0.2) is 48.8 Å². The van der Waals surface area contributed by atoms with Crippen LogP contribution in [0.3, 0.4) is 0 Å². The first-order chi connectivity index (χ1) is 10.1. The van der Waals surface area contributed by atoms with E-state index in [1.807, 2.05) is 58.3 Å². The molecule has 1 N–H and O–H groups in total. The van der Waals surface area contributed by atoms with Crippen LogP contribution in [-0.4, -0.2) is 39.7 Å². The van der Waals surface area contributed by atoms with Gasteiger partial charge in [0.1, 0.15) is 0 Å². The van der Waals surface area contributed by atoms with Crippen LogP contribution in [0.25, 0.3) is 5.69 Å². The number of aliphatic hydroxyl groups is 1. The molecule has 2 aromatic rings. The molecule has 1 saturated heterocycles. The molecule has 1 amide bonds. The smallest absolute Gasteiger partial charge is 0.253 e. The van der Waals surface area contributed by atoms with Crippen molar-refractivity contribution in [2.24, 2.45) is 5.92 Å². The van der Waals surface area contributed by atoms with Gasteiger partial charge in [-0.05, 0) is 49.7 Å². The Morgan fingerprint density at radius 1 is 1.24 bits per heavy atom. The summed E-state index contributed by atoms with van der Waals surface area (Å²) in [5, 5.41) is 9.62. The van der Waals surface area contributed by atoms with E-state index in [-0.39, 0.29) is 17.9 Å². The number of rotatable bonds is 3. The number of amides is 1. The summed E-state index contributed by atoms with van der Waals surface area (Å²) in [5.41, 5.74) is 1.75. The van der Waals surface area contributed by atoms with Crippen molar-refractivity contribution in [1.82, 2.24) is 9.47 Å². The summed E-state index contributed by atoms with van der Waals surface area (Å²) >= 11 is 0. The molecule has 3 rings (SSSR count). The second kappa shape index (κ2) is 5.74. The van der Waals surface area contributed by atoms with Crippen LogP contribution in [0.1, 0.15) is 23.7 Å². The summed E-state index contributed by atoms with van der Waals surface area (Å²) in [6, 6.07) is 11.6. The van der Waals surface area contributed by atoms with E-state index < -0.39 is 0 Å². The van der Waals surface area contributed by atoms with Crippen LogP contribution in [0, 0.1) is 5.92 Å². The molecular formula is C17H20N2O2. The molecule has 0 spiro atoms. The van der Waals surface area contributed by atoms with Gasteiger partial charge in [-0.3, -0.25) is 4.79 Å². The minimum Gasteiger partial charge on any atom is -0.393 e. The minimum absolute atomic E-state index is 0.0530. The standard InChI is InChI=1S/C17H20N2O2/c1-13(20)15-8-11-19(12-15)17(21)14-4-6-16(7-5-14)18-9-2-3-10-18/h2-7,9-10,13,15,20H,8,11-12H2,1H3. The number of likely N-dealkylation sites (tertiary alicyclic amines) is 1. The second-order valence-corrected chi connectivity index (χ2v) is 5.68. The Bertz CT molecular complexity index is 602. The van der Waals surface area contributed by atoms with E-state index in [1.165, 1.54) is 0 Å². The molecule has 0 radical (unpaired) electrons. The topological polar surface area (TPSA) is 45.5 Å². The number of carbonyl (C=O) groups excluding carboxylic acids is 1. The number of benzene rings is 1. The molecule has 21 heavy (non-hydrogen) atoms. The van der Waals surface area contributed by atoms with Crippen LogP contribution in [0.2, 0.25) is 0 Å². The zero-order valence-corrected chi connectivity index (χ0v) is 12.1. The van der Waals surface area contributed by atoms with Crippen molar-refractivity contribution in [1.29, 1.82) is 0 Å². The summed E-state index contributed by atoms with van der Waals surface area (Å²) in [5.74, 6) is 0.255. The van der Waals surface area contributed by atoms with Crippen molar-refractivity contribution in [2.45, 2.75) is 19.4 Å². The largest absolute Gasteiger partial charge is 0.393 e. The molecule has 4 nitrogen and oxygen atoms in total. The van der Waals surface area contributed by atoms with E-state index in [0.29, 0.717) is 12.1 Å². The van der Waals surface area contributed by atoms with Crippen LogP contribution in [0.4, 0.5) is 0 Å². The molecule has 0 saturated carbocycles. The van der Waals surface area contributed by atoms with Crippen LogP contribution >= 0.6 is 0 Å². The summed E-state index contributed by atoms with van der Waals surface area (Å²) < 4.78 is 2.01. The third-order valence-corrected chi connectivity index (χ3v) is 4.21. The number of carbonyl (C=O) groups is 1. The van der Waals surface area contributed by atoms with Crippen molar-refractivity contribution >= 4 is 5.91 Å². The molecule has 110 valence electrons. The van der Waals surface area contributed by atoms with E-state index in [2.05, 4.69) is 0 Å². The van der Waals surface area contributed by atoms with E-state index in [4.69, 9.17) is 0 Å². The van der Waals surface area contributed by atoms with E-state index >= 15 is 0 Å². The Kier molecular flexibility index (Phi) is 3.80. The first-order valence-corrected chi connectivity index (χ1v) is 7.36.